The van der Waals surface area contributed by atoms with Crippen LogP contribution in [0.4, 0.5) is 0 Å². The molecule has 3 heteroatoms. The maximum absolute atomic E-state index is 9.72. The van der Waals surface area contributed by atoms with E-state index in [9.17, 15) is 5.11 Å². The van der Waals surface area contributed by atoms with Crippen LogP contribution in [-0.2, 0) is 0 Å². The van der Waals surface area contributed by atoms with Crippen molar-refractivity contribution in [2.45, 2.75) is 38.3 Å². The molecule has 2 rings (SSSR count). The summed E-state index contributed by atoms with van der Waals surface area (Å²) in [4.78, 5) is 0. The van der Waals surface area contributed by atoms with Crippen LogP contribution in [0.5, 0.6) is 0 Å². The van der Waals surface area contributed by atoms with Crippen LogP contribution in [0.15, 0.2) is 12.2 Å². The molecule has 0 saturated heterocycles. The van der Waals surface area contributed by atoms with E-state index in [4.69, 9.17) is 5.11 Å². The van der Waals surface area contributed by atoms with Crippen molar-refractivity contribution in [1.82, 2.24) is 5.32 Å². The van der Waals surface area contributed by atoms with E-state index in [2.05, 4.69) is 24.4 Å². The predicted octanol–water partition coefficient (Wildman–Crippen LogP) is 0.920. The van der Waals surface area contributed by atoms with Crippen molar-refractivity contribution in [3.63, 3.8) is 0 Å². The van der Waals surface area contributed by atoms with Crippen molar-refractivity contribution in [3.8, 4) is 0 Å². The summed E-state index contributed by atoms with van der Waals surface area (Å²) >= 11 is 0. The average Bonchev–Trinajstić information content (AvgIpc) is 2.87. The van der Waals surface area contributed by atoms with Crippen molar-refractivity contribution in [1.29, 1.82) is 0 Å². The zero-order valence-electron chi connectivity index (χ0n) is 10.2. The normalized spacial score (nSPS) is 37.6. The lowest BCUT2D eigenvalue weighted by molar-refractivity contribution is -0.000550. The highest BCUT2D eigenvalue weighted by atomic mass is 16.3. The van der Waals surface area contributed by atoms with Gasteiger partial charge in [0.05, 0.1) is 12.2 Å². The van der Waals surface area contributed by atoms with Gasteiger partial charge < -0.3 is 15.5 Å². The number of hydrogen-bond acceptors (Lipinski definition) is 3. The maximum atomic E-state index is 9.72. The van der Waals surface area contributed by atoms with Gasteiger partial charge in [-0.2, -0.15) is 0 Å². The summed E-state index contributed by atoms with van der Waals surface area (Å²) in [5, 5.41) is 22.1. The number of hydrogen-bond donors (Lipinski definition) is 3. The van der Waals surface area contributed by atoms with Gasteiger partial charge in [0.1, 0.15) is 0 Å². The van der Waals surface area contributed by atoms with Crippen molar-refractivity contribution in [2.24, 2.45) is 17.8 Å². The van der Waals surface area contributed by atoms with E-state index in [1.54, 1.807) is 6.92 Å². The highest BCUT2D eigenvalue weighted by Crippen LogP contribution is 2.44. The third-order valence-electron chi connectivity index (χ3n) is 4.12. The van der Waals surface area contributed by atoms with Crippen molar-refractivity contribution in [2.75, 3.05) is 13.2 Å². The first-order valence-corrected chi connectivity index (χ1v) is 6.27. The molecule has 3 nitrogen and oxygen atoms in total. The van der Waals surface area contributed by atoms with E-state index in [0.717, 1.165) is 11.8 Å². The molecule has 0 heterocycles. The molecule has 5 unspecified atom stereocenters. The molecular formula is C13H23NO2. The minimum atomic E-state index is -0.998. The van der Waals surface area contributed by atoms with E-state index >= 15 is 0 Å². The molecule has 1 saturated carbocycles. The Morgan fingerprint density at radius 2 is 2.19 bits per heavy atom. The molecule has 16 heavy (non-hydrogen) atoms. The van der Waals surface area contributed by atoms with Gasteiger partial charge in [-0.1, -0.05) is 12.2 Å². The van der Waals surface area contributed by atoms with Crippen LogP contribution in [0.3, 0.4) is 0 Å². The van der Waals surface area contributed by atoms with E-state index in [1.807, 2.05) is 0 Å². The van der Waals surface area contributed by atoms with Crippen LogP contribution >= 0.6 is 0 Å². The third-order valence-corrected chi connectivity index (χ3v) is 4.12. The number of fused-ring (bicyclic) bond motifs is 2. The molecule has 92 valence electrons. The Balaban J connectivity index is 1.81. The van der Waals surface area contributed by atoms with Gasteiger partial charge >= 0.3 is 0 Å². The van der Waals surface area contributed by atoms with E-state index in [-0.39, 0.29) is 6.61 Å². The fraction of sp³-hybridized carbons (Fsp3) is 0.846. The number of rotatable bonds is 5. The number of nitrogens with one attached hydrogen (secondary N) is 1. The molecule has 0 aromatic rings. The Morgan fingerprint density at radius 3 is 2.69 bits per heavy atom. The highest BCUT2D eigenvalue weighted by Gasteiger charge is 2.38. The molecule has 0 aliphatic heterocycles. The van der Waals surface area contributed by atoms with Crippen molar-refractivity contribution >= 4 is 0 Å². The van der Waals surface area contributed by atoms with Crippen LogP contribution in [-0.4, -0.2) is 35.0 Å². The Kier molecular flexibility index (Phi) is 3.38. The summed E-state index contributed by atoms with van der Waals surface area (Å²) in [5.74, 6) is 2.22. The summed E-state index contributed by atoms with van der Waals surface area (Å²) < 4.78 is 0. The summed E-state index contributed by atoms with van der Waals surface area (Å²) in [5.41, 5.74) is -0.998. The molecule has 0 aromatic carbocycles. The number of aliphatic hydroxyl groups is 2. The fourth-order valence-corrected chi connectivity index (χ4v) is 2.99. The molecule has 0 amide bonds. The molecule has 2 aliphatic carbocycles. The Hall–Kier alpha value is -0.380. The number of aliphatic hydroxyl groups excluding tert-OH is 1. The van der Waals surface area contributed by atoms with Gasteiger partial charge in [-0.15, -0.1) is 0 Å². The Labute approximate surface area is 97.6 Å². The molecular weight excluding hydrogens is 202 g/mol. The monoisotopic (exact) mass is 225 g/mol. The lowest BCUT2D eigenvalue weighted by Crippen LogP contribution is -2.46. The quantitative estimate of drug-likeness (QED) is 0.610. The second kappa shape index (κ2) is 4.47. The van der Waals surface area contributed by atoms with E-state index in [0.29, 0.717) is 18.5 Å². The molecule has 0 spiro atoms. The van der Waals surface area contributed by atoms with Gasteiger partial charge in [-0.05, 0) is 44.4 Å². The molecule has 3 N–H and O–H groups in total. The molecule has 5 atom stereocenters. The molecule has 0 aromatic heterocycles. The largest absolute Gasteiger partial charge is 0.393 e. The summed E-state index contributed by atoms with van der Waals surface area (Å²) in [7, 11) is 0. The maximum Gasteiger partial charge on any atom is 0.0972 e. The van der Waals surface area contributed by atoms with Crippen LogP contribution in [0.25, 0.3) is 0 Å². The first kappa shape index (κ1) is 12.1. The predicted molar refractivity (Wildman–Crippen MR) is 64.0 cm³/mol. The van der Waals surface area contributed by atoms with Gasteiger partial charge in [0, 0.05) is 12.6 Å². The second-order valence-electron chi connectivity index (χ2n) is 5.77. The van der Waals surface area contributed by atoms with Gasteiger partial charge in [-0.3, -0.25) is 0 Å². The first-order chi connectivity index (χ1) is 7.52. The van der Waals surface area contributed by atoms with Crippen LogP contribution in [0.2, 0.25) is 0 Å². The first-order valence-electron chi connectivity index (χ1n) is 6.27. The van der Waals surface area contributed by atoms with Crippen LogP contribution < -0.4 is 5.32 Å². The zero-order valence-corrected chi connectivity index (χ0v) is 10.2. The smallest absolute Gasteiger partial charge is 0.0972 e. The summed E-state index contributed by atoms with van der Waals surface area (Å²) in [6, 6.07) is 0.415. The lowest BCUT2D eigenvalue weighted by Gasteiger charge is -2.29. The molecule has 0 radical (unpaired) electrons. The third kappa shape index (κ3) is 2.47. The minimum absolute atomic E-state index is 0.191. The molecule has 1 fully saturated rings. The van der Waals surface area contributed by atoms with Gasteiger partial charge in [0.25, 0.3) is 0 Å². The molecule has 2 bridgehead atoms. The SMILES string of the molecule is CC(NCC(C)(O)CO)C1CC2C=CC1C2. The van der Waals surface area contributed by atoms with Gasteiger partial charge in [-0.25, -0.2) is 0 Å². The fourth-order valence-electron chi connectivity index (χ4n) is 2.99. The zero-order chi connectivity index (χ0) is 11.8. The van der Waals surface area contributed by atoms with Crippen molar-refractivity contribution < 1.29 is 10.2 Å². The Bertz CT molecular complexity index is 275. The number of allylic oxidation sites excluding steroid dienone is 2. The lowest BCUT2D eigenvalue weighted by atomic mass is 9.87. The minimum Gasteiger partial charge on any atom is -0.393 e. The van der Waals surface area contributed by atoms with Crippen LogP contribution in [0, 0.1) is 17.8 Å². The van der Waals surface area contributed by atoms with Crippen LogP contribution in [0.1, 0.15) is 26.7 Å². The summed E-state index contributed by atoms with van der Waals surface area (Å²) in [6.07, 6.45) is 7.28. The van der Waals surface area contributed by atoms with E-state index < -0.39 is 5.60 Å². The average molecular weight is 225 g/mol. The van der Waals surface area contributed by atoms with E-state index in [1.165, 1.54) is 12.8 Å². The highest BCUT2D eigenvalue weighted by molar-refractivity contribution is 5.11. The Morgan fingerprint density at radius 1 is 1.44 bits per heavy atom. The van der Waals surface area contributed by atoms with Crippen molar-refractivity contribution in [3.05, 3.63) is 12.2 Å². The topological polar surface area (TPSA) is 52.5 Å². The summed E-state index contributed by atoms with van der Waals surface area (Å²) in [6.45, 7) is 4.12. The second-order valence-corrected chi connectivity index (χ2v) is 5.77. The molecule has 2 aliphatic rings. The standard InChI is InChI=1S/C13H23NO2/c1-9(14-7-13(2,16)8-15)12-6-10-3-4-11(12)5-10/h3-4,9-12,14-16H,5-8H2,1-2H3. The van der Waals surface area contributed by atoms with Gasteiger partial charge in [0.2, 0.25) is 0 Å². The van der Waals surface area contributed by atoms with Gasteiger partial charge in [0.15, 0.2) is 0 Å².